The average Bonchev–Trinajstić information content (AvgIpc) is 2.87. The van der Waals surface area contributed by atoms with Crippen molar-refractivity contribution in [1.29, 1.82) is 0 Å². The lowest BCUT2D eigenvalue weighted by Gasteiger charge is -2.23. The van der Waals surface area contributed by atoms with Crippen LogP contribution in [-0.4, -0.2) is 31.2 Å². The lowest BCUT2D eigenvalue weighted by atomic mass is 9.83. The second-order valence-corrected chi connectivity index (χ2v) is 9.00. The van der Waals surface area contributed by atoms with Crippen LogP contribution >= 0.6 is 35.0 Å². The summed E-state index contributed by atoms with van der Waals surface area (Å²) >= 11 is 13.4. The van der Waals surface area contributed by atoms with Crippen LogP contribution in [0.1, 0.15) is 19.4 Å². The zero-order valence-corrected chi connectivity index (χ0v) is 18.7. The van der Waals surface area contributed by atoms with Gasteiger partial charge in [-0.2, -0.15) is 0 Å². The highest BCUT2D eigenvalue weighted by molar-refractivity contribution is 8.00. The Hall–Kier alpha value is -1.95. The average molecular weight is 450 g/mol. The topological polar surface area (TPSA) is 46.6 Å². The van der Waals surface area contributed by atoms with Crippen molar-refractivity contribution in [2.45, 2.75) is 24.2 Å². The molecule has 0 aromatic heterocycles. The van der Waals surface area contributed by atoms with Crippen molar-refractivity contribution in [3.63, 3.8) is 0 Å². The number of para-hydroxylation sites is 1. The number of anilines is 1. The number of thioether (sulfide) groups is 1. The van der Waals surface area contributed by atoms with E-state index in [9.17, 15) is 9.59 Å². The van der Waals surface area contributed by atoms with Crippen molar-refractivity contribution in [2.24, 2.45) is 0 Å². The number of carbonyl (C=O) groups excluding carboxylic acids is 2. The third-order valence-corrected chi connectivity index (χ3v) is 6.83. The third-order valence-electron chi connectivity index (χ3n) is 4.87. The molecule has 1 aliphatic rings. The second-order valence-electron chi connectivity index (χ2n) is 7.20. The first-order valence-corrected chi connectivity index (χ1v) is 10.8. The van der Waals surface area contributed by atoms with Crippen LogP contribution in [0.2, 0.25) is 10.0 Å². The van der Waals surface area contributed by atoms with Crippen molar-refractivity contribution in [3.05, 3.63) is 69.8 Å². The monoisotopic (exact) mass is 449 g/mol. The third kappa shape index (κ3) is 4.63. The van der Waals surface area contributed by atoms with Crippen LogP contribution in [0.25, 0.3) is 0 Å². The minimum absolute atomic E-state index is 0.0180. The molecule has 3 rings (SSSR count). The molecule has 0 atom stereocenters. The highest BCUT2D eigenvalue weighted by atomic mass is 35.5. The molecule has 7 heteroatoms. The summed E-state index contributed by atoms with van der Waals surface area (Å²) in [7, 11) is 1.93. The normalized spacial score (nSPS) is 16.0. The second kappa shape index (κ2) is 8.82. The van der Waals surface area contributed by atoms with Gasteiger partial charge in [-0.15, -0.1) is 11.8 Å². The Kier molecular flexibility index (Phi) is 6.62. The Bertz CT molecular complexity index is 968. The van der Waals surface area contributed by atoms with Crippen LogP contribution in [0.3, 0.4) is 0 Å². The minimum atomic E-state index is -0.500. The van der Waals surface area contributed by atoms with E-state index >= 15 is 0 Å². The molecular formula is C22H21Cl2NO3S. The SMILES string of the molecule is CN1/C(=C\C(=O)COC(=O)CSc2c(Cl)cccc2Cl)C(C)(C)c2ccccc21. The molecule has 0 bridgehead atoms. The molecule has 0 saturated carbocycles. The van der Waals surface area contributed by atoms with E-state index in [0.29, 0.717) is 14.9 Å². The number of ether oxygens (including phenoxy) is 1. The summed E-state index contributed by atoms with van der Waals surface area (Å²) in [6, 6.07) is 13.2. The molecule has 2 aromatic carbocycles. The van der Waals surface area contributed by atoms with Gasteiger partial charge in [-0.25, -0.2) is 0 Å². The summed E-state index contributed by atoms with van der Waals surface area (Å²) in [5.74, 6) is -0.744. The summed E-state index contributed by atoms with van der Waals surface area (Å²) in [5.41, 5.74) is 2.80. The number of hydrogen-bond acceptors (Lipinski definition) is 5. The van der Waals surface area contributed by atoms with Gasteiger partial charge in [-0.05, 0) is 23.8 Å². The summed E-state index contributed by atoms with van der Waals surface area (Å²) in [6.07, 6.45) is 1.56. The minimum Gasteiger partial charge on any atom is -0.457 e. The molecule has 0 saturated heterocycles. The number of esters is 1. The van der Waals surface area contributed by atoms with Gasteiger partial charge in [-0.3, -0.25) is 9.59 Å². The van der Waals surface area contributed by atoms with Crippen molar-refractivity contribution < 1.29 is 14.3 Å². The first-order valence-electron chi connectivity index (χ1n) is 9.02. The van der Waals surface area contributed by atoms with Crippen LogP contribution in [0.5, 0.6) is 0 Å². The van der Waals surface area contributed by atoms with Gasteiger partial charge in [0.05, 0.1) is 15.8 Å². The predicted octanol–water partition coefficient (Wildman–Crippen LogP) is 5.51. The fourth-order valence-electron chi connectivity index (χ4n) is 3.40. The van der Waals surface area contributed by atoms with Crippen molar-refractivity contribution in [2.75, 3.05) is 24.3 Å². The van der Waals surface area contributed by atoms with E-state index in [0.717, 1.165) is 16.9 Å². The Labute approximate surface area is 184 Å². The molecule has 1 heterocycles. The number of allylic oxidation sites excluding steroid dienone is 1. The number of benzene rings is 2. The molecule has 0 spiro atoms. The van der Waals surface area contributed by atoms with Gasteiger partial charge >= 0.3 is 5.97 Å². The molecule has 0 radical (unpaired) electrons. The number of rotatable bonds is 6. The summed E-state index contributed by atoms with van der Waals surface area (Å²) < 4.78 is 5.14. The number of ketones is 1. The Morgan fingerprint density at radius 2 is 1.76 bits per heavy atom. The van der Waals surface area contributed by atoms with E-state index in [4.69, 9.17) is 27.9 Å². The van der Waals surface area contributed by atoms with Gasteiger partial charge in [0, 0.05) is 34.8 Å². The van der Waals surface area contributed by atoms with Gasteiger partial charge in [-0.1, -0.05) is 61.3 Å². The van der Waals surface area contributed by atoms with E-state index < -0.39 is 5.97 Å². The van der Waals surface area contributed by atoms with Gasteiger partial charge in [0.25, 0.3) is 0 Å². The summed E-state index contributed by atoms with van der Waals surface area (Å²) in [5, 5.41) is 0.948. The van der Waals surface area contributed by atoms with Gasteiger partial charge in [0.2, 0.25) is 0 Å². The van der Waals surface area contributed by atoms with E-state index in [-0.39, 0.29) is 23.6 Å². The van der Waals surface area contributed by atoms with E-state index in [2.05, 4.69) is 19.9 Å². The van der Waals surface area contributed by atoms with Gasteiger partial charge in [0.1, 0.15) is 0 Å². The molecule has 0 aliphatic carbocycles. The Balaban J connectivity index is 1.59. The first-order chi connectivity index (χ1) is 13.7. The zero-order valence-electron chi connectivity index (χ0n) is 16.4. The maximum atomic E-state index is 12.4. The van der Waals surface area contributed by atoms with Crippen molar-refractivity contribution in [1.82, 2.24) is 0 Å². The van der Waals surface area contributed by atoms with E-state index in [1.54, 1.807) is 24.3 Å². The molecule has 0 fully saturated rings. The molecule has 29 heavy (non-hydrogen) atoms. The molecule has 1 aliphatic heterocycles. The standard InChI is InChI=1S/C22H21Cl2NO3S/c1-22(2)15-7-4-5-10-18(15)25(3)19(22)11-14(26)12-28-20(27)13-29-21-16(23)8-6-9-17(21)24/h4-11H,12-13H2,1-3H3/b19-11-. The molecule has 2 aromatic rings. The Morgan fingerprint density at radius 1 is 1.10 bits per heavy atom. The summed E-state index contributed by atoms with van der Waals surface area (Å²) in [6.45, 7) is 3.84. The number of carbonyl (C=O) groups is 2. The zero-order chi connectivity index (χ0) is 21.2. The fraction of sp³-hybridized carbons (Fsp3) is 0.273. The van der Waals surface area contributed by atoms with Crippen LogP contribution < -0.4 is 4.90 Å². The smallest absolute Gasteiger partial charge is 0.316 e. The van der Waals surface area contributed by atoms with Crippen LogP contribution in [-0.2, 0) is 19.7 Å². The van der Waals surface area contributed by atoms with Crippen molar-refractivity contribution in [3.8, 4) is 0 Å². The number of fused-ring (bicyclic) bond motifs is 1. The molecule has 0 N–H and O–H groups in total. The van der Waals surface area contributed by atoms with Crippen LogP contribution in [0.15, 0.2) is 59.1 Å². The number of likely N-dealkylation sites (N-methyl/N-ethyl adjacent to an activating group) is 1. The fourth-order valence-corrected chi connectivity index (χ4v) is 4.88. The highest BCUT2D eigenvalue weighted by Gasteiger charge is 2.38. The number of hydrogen-bond donors (Lipinski definition) is 0. The molecule has 0 amide bonds. The quantitative estimate of drug-likeness (QED) is 0.330. The lowest BCUT2D eigenvalue weighted by Crippen LogP contribution is -2.25. The van der Waals surface area contributed by atoms with Crippen molar-refractivity contribution >= 4 is 52.4 Å². The lowest BCUT2D eigenvalue weighted by molar-refractivity contribution is -0.144. The van der Waals surface area contributed by atoms with E-state index in [1.165, 1.54) is 11.8 Å². The molecular weight excluding hydrogens is 429 g/mol. The molecule has 4 nitrogen and oxygen atoms in total. The first kappa shape index (κ1) is 21.8. The maximum absolute atomic E-state index is 12.4. The largest absolute Gasteiger partial charge is 0.457 e. The van der Waals surface area contributed by atoms with Gasteiger partial charge in [0.15, 0.2) is 12.4 Å². The molecule has 0 unspecified atom stereocenters. The number of nitrogens with zero attached hydrogens (tertiary/aromatic N) is 1. The van der Waals surface area contributed by atoms with Crippen LogP contribution in [0.4, 0.5) is 5.69 Å². The maximum Gasteiger partial charge on any atom is 0.316 e. The summed E-state index contributed by atoms with van der Waals surface area (Å²) in [4.78, 5) is 27.1. The van der Waals surface area contributed by atoms with Crippen LogP contribution in [0, 0.1) is 0 Å². The number of halogens is 2. The highest BCUT2D eigenvalue weighted by Crippen LogP contribution is 2.46. The predicted molar refractivity (Wildman–Crippen MR) is 119 cm³/mol. The molecule has 152 valence electrons. The Morgan fingerprint density at radius 3 is 2.41 bits per heavy atom. The van der Waals surface area contributed by atoms with Gasteiger partial charge < -0.3 is 9.64 Å². The van der Waals surface area contributed by atoms with E-state index in [1.807, 2.05) is 30.1 Å².